The molecule has 178 valence electrons. The van der Waals surface area contributed by atoms with Gasteiger partial charge in [-0.2, -0.15) is 5.10 Å². The largest absolute Gasteiger partial charge is 0.481 e. The van der Waals surface area contributed by atoms with Crippen LogP contribution in [0.15, 0.2) is 36.4 Å². The highest BCUT2D eigenvalue weighted by molar-refractivity contribution is 5.70. The van der Waals surface area contributed by atoms with Gasteiger partial charge in [0.1, 0.15) is 0 Å². The fraction of sp³-hybridized carbons (Fsp3) is 0.643. The van der Waals surface area contributed by atoms with Crippen LogP contribution in [-0.4, -0.2) is 45.4 Å². The lowest BCUT2D eigenvalue weighted by Crippen LogP contribution is -2.36. The molecule has 1 aromatic heterocycles. The molecule has 2 aromatic rings. The SMILES string of the molecule is Cn1nc(Cc2ccccc2)cc1C1CCN(CC2CCC(C(CC3CC3)C(=O)O)C2)CC1. The van der Waals surface area contributed by atoms with Gasteiger partial charge in [0.25, 0.3) is 0 Å². The number of carboxylic acid groups (broad SMARTS) is 1. The molecule has 3 unspecified atom stereocenters. The lowest BCUT2D eigenvalue weighted by atomic mass is 9.85. The monoisotopic (exact) mass is 449 g/mol. The highest BCUT2D eigenvalue weighted by Gasteiger charge is 2.39. The van der Waals surface area contributed by atoms with Crippen molar-refractivity contribution >= 4 is 5.97 Å². The Morgan fingerprint density at radius 1 is 1.06 bits per heavy atom. The number of nitrogens with zero attached hydrogens (tertiary/aromatic N) is 3. The molecule has 5 heteroatoms. The molecule has 0 bridgehead atoms. The number of aromatic nitrogens is 2. The summed E-state index contributed by atoms with van der Waals surface area (Å²) in [5.74, 6) is 1.74. The predicted molar refractivity (Wildman–Crippen MR) is 130 cm³/mol. The highest BCUT2D eigenvalue weighted by atomic mass is 16.4. The summed E-state index contributed by atoms with van der Waals surface area (Å²) in [5.41, 5.74) is 3.86. The van der Waals surface area contributed by atoms with E-state index in [2.05, 4.69) is 53.0 Å². The van der Waals surface area contributed by atoms with Crippen molar-refractivity contribution in [3.63, 3.8) is 0 Å². The van der Waals surface area contributed by atoms with E-state index in [0.29, 0.717) is 23.7 Å². The number of aryl methyl sites for hydroxylation is 1. The molecule has 2 heterocycles. The third-order valence-corrected chi connectivity index (χ3v) is 8.47. The minimum absolute atomic E-state index is 0.0943. The van der Waals surface area contributed by atoms with Gasteiger partial charge < -0.3 is 10.0 Å². The maximum Gasteiger partial charge on any atom is 0.306 e. The Kier molecular flexibility index (Phi) is 6.86. The van der Waals surface area contributed by atoms with Gasteiger partial charge in [-0.3, -0.25) is 9.48 Å². The number of rotatable bonds is 9. The second kappa shape index (κ2) is 10.0. The first kappa shape index (κ1) is 22.6. The van der Waals surface area contributed by atoms with E-state index in [9.17, 15) is 9.90 Å². The summed E-state index contributed by atoms with van der Waals surface area (Å²) in [7, 11) is 2.09. The standard InChI is InChI=1S/C28H39N3O2/c1-30-27(18-25(29-30)16-20-5-3-2-4-6-20)23-11-13-31(14-12-23)19-22-9-10-24(15-22)26(28(32)33)17-21-7-8-21/h2-6,18,21-24,26H,7-17,19H2,1H3,(H,32,33). The summed E-state index contributed by atoms with van der Waals surface area (Å²) in [6.45, 7) is 3.45. The number of benzene rings is 1. The van der Waals surface area contributed by atoms with Crippen LogP contribution in [0.3, 0.4) is 0 Å². The Balaban J connectivity index is 1.10. The molecule has 0 radical (unpaired) electrons. The number of aliphatic carboxylic acids is 1. The molecule has 3 aliphatic rings. The third-order valence-electron chi connectivity index (χ3n) is 8.47. The second-order valence-electron chi connectivity index (χ2n) is 11.0. The quantitative estimate of drug-likeness (QED) is 0.578. The van der Waals surface area contributed by atoms with Gasteiger partial charge in [-0.1, -0.05) is 43.2 Å². The van der Waals surface area contributed by atoms with Gasteiger partial charge in [-0.15, -0.1) is 0 Å². The maximum absolute atomic E-state index is 11.8. The molecule has 5 nitrogen and oxygen atoms in total. The van der Waals surface area contributed by atoms with Crippen molar-refractivity contribution in [1.82, 2.24) is 14.7 Å². The van der Waals surface area contributed by atoms with Crippen molar-refractivity contribution in [2.24, 2.45) is 30.7 Å². The van der Waals surface area contributed by atoms with Crippen LogP contribution in [0.5, 0.6) is 0 Å². The van der Waals surface area contributed by atoms with Gasteiger partial charge in [-0.05, 0) is 81.0 Å². The molecular weight excluding hydrogens is 410 g/mol. The van der Waals surface area contributed by atoms with Gasteiger partial charge in [0, 0.05) is 31.6 Å². The lowest BCUT2D eigenvalue weighted by molar-refractivity contribution is -0.144. The Morgan fingerprint density at radius 2 is 1.79 bits per heavy atom. The number of piperidine rings is 1. The van der Waals surface area contributed by atoms with Gasteiger partial charge in [0.2, 0.25) is 0 Å². The minimum Gasteiger partial charge on any atom is -0.481 e. The summed E-state index contributed by atoms with van der Waals surface area (Å²) in [5, 5.41) is 14.5. The summed E-state index contributed by atoms with van der Waals surface area (Å²) >= 11 is 0. The summed E-state index contributed by atoms with van der Waals surface area (Å²) in [6.07, 6.45) is 10.2. The normalized spacial score (nSPS) is 25.4. The van der Waals surface area contributed by atoms with Gasteiger partial charge in [-0.25, -0.2) is 0 Å². The topological polar surface area (TPSA) is 58.4 Å². The Morgan fingerprint density at radius 3 is 2.48 bits per heavy atom. The fourth-order valence-corrected chi connectivity index (χ4v) is 6.45. The number of carboxylic acids is 1. The number of hydrogen-bond donors (Lipinski definition) is 1. The lowest BCUT2D eigenvalue weighted by Gasteiger charge is -2.33. The maximum atomic E-state index is 11.8. The van der Waals surface area contributed by atoms with E-state index >= 15 is 0 Å². The molecule has 33 heavy (non-hydrogen) atoms. The van der Waals surface area contributed by atoms with Crippen LogP contribution in [-0.2, 0) is 18.3 Å². The predicted octanol–water partition coefficient (Wildman–Crippen LogP) is 5.11. The zero-order valence-corrected chi connectivity index (χ0v) is 20.0. The van der Waals surface area contributed by atoms with Crippen LogP contribution in [0, 0.1) is 23.7 Å². The van der Waals surface area contributed by atoms with Gasteiger partial charge >= 0.3 is 5.97 Å². The summed E-state index contributed by atoms with van der Waals surface area (Å²) in [6, 6.07) is 12.9. The van der Waals surface area contributed by atoms with E-state index in [4.69, 9.17) is 5.10 Å². The molecule has 1 aromatic carbocycles. The van der Waals surface area contributed by atoms with E-state index in [1.54, 1.807) is 0 Å². The van der Waals surface area contributed by atoms with Crippen molar-refractivity contribution < 1.29 is 9.90 Å². The molecule has 0 spiro atoms. The molecule has 1 N–H and O–H groups in total. The first-order valence-electron chi connectivity index (χ1n) is 13.1. The molecule has 3 atom stereocenters. The van der Waals surface area contributed by atoms with Gasteiger partial charge in [0.05, 0.1) is 11.6 Å². The Hall–Kier alpha value is -2.14. The van der Waals surface area contributed by atoms with Gasteiger partial charge in [0.15, 0.2) is 0 Å². The van der Waals surface area contributed by atoms with E-state index < -0.39 is 5.97 Å². The van der Waals surface area contributed by atoms with Crippen molar-refractivity contribution in [3.8, 4) is 0 Å². The van der Waals surface area contributed by atoms with Crippen LogP contribution < -0.4 is 0 Å². The van der Waals surface area contributed by atoms with E-state index in [0.717, 1.165) is 51.0 Å². The molecular formula is C28H39N3O2. The molecule has 5 rings (SSSR count). The fourth-order valence-electron chi connectivity index (χ4n) is 6.45. The number of carbonyl (C=O) groups is 1. The highest BCUT2D eigenvalue weighted by Crippen LogP contribution is 2.43. The molecule has 2 saturated carbocycles. The van der Waals surface area contributed by atoms with E-state index in [-0.39, 0.29) is 5.92 Å². The van der Waals surface area contributed by atoms with Crippen molar-refractivity contribution in [1.29, 1.82) is 0 Å². The van der Waals surface area contributed by atoms with Crippen molar-refractivity contribution in [2.45, 2.75) is 63.7 Å². The average Bonchev–Trinajstić information content (AvgIpc) is 3.41. The zero-order valence-electron chi connectivity index (χ0n) is 20.0. The molecule has 1 aliphatic heterocycles. The first-order valence-corrected chi connectivity index (χ1v) is 13.1. The van der Waals surface area contributed by atoms with Crippen LogP contribution in [0.1, 0.15) is 74.2 Å². The van der Waals surface area contributed by atoms with E-state index in [1.165, 1.54) is 43.4 Å². The van der Waals surface area contributed by atoms with Crippen LogP contribution in [0.4, 0.5) is 0 Å². The van der Waals surface area contributed by atoms with E-state index in [1.807, 2.05) is 0 Å². The number of hydrogen-bond acceptors (Lipinski definition) is 3. The Bertz CT molecular complexity index is 928. The molecule has 3 fully saturated rings. The Labute approximate surface area is 198 Å². The van der Waals surface area contributed by atoms with Crippen LogP contribution in [0.25, 0.3) is 0 Å². The summed E-state index contributed by atoms with van der Waals surface area (Å²) < 4.78 is 2.10. The zero-order chi connectivity index (χ0) is 22.8. The molecule has 0 amide bonds. The van der Waals surface area contributed by atoms with Crippen molar-refractivity contribution in [3.05, 3.63) is 53.3 Å². The third kappa shape index (κ3) is 5.68. The second-order valence-corrected chi connectivity index (χ2v) is 11.0. The van der Waals surface area contributed by atoms with Crippen molar-refractivity contribution in [2.75, 3.05) is 19.6 Å². The van der Waals surface area contributed by atoms with Crippen LogP contribution in [0.2, 0.25) is 0 Å². The average molecular weight is 450 g/mol. The molecule has 1 saturated heterocycles. The smallest absolute Gasteiger partial charge is 0.306 e. The number of likely N-dealkylation sites (tertiary alicyclic amines) is 1. The summed E-state index contributed by atoms with van der Waals surface area (Å²) in [4.78, 5) is 14.5. The van der Waals surface area contributed by atoms with Crippen LogP contribution >= 0.6 is 0 Å². The minimum atomic E-state index is -0.545. The first-order chi connectivity index (χ1) is 16.0. The molecule has 2 aliphatic carbocycles.